The molecule has 1 fully saturated rings. The minimum atomic E-state index is -0.360. The summed E-state index contributed by atoms with van der Waals surface area (Å²) >= 11 is 1.47. The highest BCUT2D eigenvalue weighted by atomic mass is 32.1. The maximum absolute atomic E-state index is 12.8. The number of pyridine rings is 1. The van der Waals surface area contributed by atoms with Crippen LogP contribution in [0.3, 0.4) is 0 Å². The number of rotatable bonds is 4. The van der Waals surface area contributed by atoms with E-state index in [0.717, 1.165) is 40.0 Å². The van der Waals surface area contributed by atoms with Crippen molar-refractivity contribution in [2.75, 3.05) is 37.7 Å². The van der Waals surface area contributed by atoms with Crippen LogP contribution in [0, 0.1) is 13.8 Å². The number of thiophene rings is 1. The Hall–Kier alpha value is -2.93. The minimum Gasteiger partial charge on any atom is -0.462 e. The fourth-order valence-corrected chi connectivity index (χ4v) is 4.78. The quantitative estimate of drug-likeness (QED) is 0.565. The number of hydrogen-bond acceptors (Lipinski definition) is 6. The molecule has 1 amide bonds. The Bertz CT molecular complexity index is 1110. The predicted octanol–water partition coefficient (Wildman–Crippen LogP) is 4.44. The molecule has 1 aliphatic rings. The largest absolute Gasteiger partial charge is 0.462 e. The van der Waals surface area contributed by atoms with E-state index in [-0.39, 0.29) is 11.9 Å². The zero-order valence-corrected chi connectivity index (χ0v) is 19.0. The number of nitrogens with zero attached hydrogens (tertiary/aromatic N) is 3. The van der Waals surface area contributed by atoms with Gasteiger partial charge >= 0.3 is 5.97 Å². The van der Waals surface area contributed by atoms with Gasteiger partial charge in [0, 0.05) is 37.8 Å². The molecule has 4 rings (SSSR count). The molecule has 3 heterocycles. The molecule has 0 atom stereocenters. The summed E-state index contributed by atoms with van der Waals surface area (Å²) < 4.78 is 5.33. The van der Waals surface area contributed by atoms with Crippen molar-refractivity contribution in [3.8, 4) is 0 Å². The number of amides is 1. The molecule has 162 valence electrons. The van der Waals surface area contributed by atoms with E-state index in [4.69, 9.17) is 4.74 Å². The maximum atomic E-state index is 12.8. The summed E-state index contributed by atoms with van der Waals surface area (Å²) in [5, 5.41) is 2.88. The number of aryl methyl sites for hydroxylation is 2. The Labute approximate surface area is 186 Å². The molecule has 7 heteroatoms. The Morgan fingerprint density at radius 2 is 1.97 bits per heavy atom. The molecule has 0 N–H and O–H groups in total. The number of esters is 1. The first kappa shape index (κ1) is 21.3. The highest BCUT2D eigenvalue weighted by Gasteiger charge is 2.26. The topological polar surface area (TPSA) is 62.7 Å². The third kappa shape index (κ3) is 4.14. The van der Waals surface area contributed by atoms with Crippen molar-refractivity contribution in [1.29, 1.82) is 0 Å². The van der Waals surface area contributed by atoms with Gasteiger partial charge in [0.25, 0.3) is 5.91 Å². The molecule has 6 nitrogen and oxygen atoms in total. The normalized spacial score (nSPS) is 14.5. The summed E-state index contributed by atoms with van der Waals surface area (Å²) in [6.07, 6.45) is 2.47. The van der Waals surface area contributed by atoms with Crippen molar-refractivity contribution in [1.82, 2.24) is 9.88 Å². The van der Waals surface area contributed by atoms with E-state index in [1.54, 1.807) is 13.1 Å². The number of anilines is 1. The van der Waals surface area contributed by atoms with Gasteiger partial charge in [-0.1, -0.05) is 18.2 Å². The van der Waals surface area contributed by atoms with E-state index in [1.165, 1.54) is 16.9 Å². The van der Waals surface area contributed by atoms with Crippen molar-refractivity contribution in [3.63, 3.8) is 0 Å². The number of ether oxygens (including phenoxy) is 1. The number of carbonyl (C=O) groups excluding carboxylic acids is 2. The molecule has 0 saturated carbocycles. The highest BCUT2D eigenvalue weighted by Crippen LogP contribution is 2.33. The molecule has 3 aromatic rings. The SMILES string of the molecule is CCOC(=O)c1cnc2c(C)c(C)ccc2c1N1CCCN(C(=O)c2cccs2)CC1. The van der Waals surface area contributed by atoms with Gasteiger partial charge in [-0.05, 0) is 49.8 Å². The Morgan fingerprint density at radius 1 is 1.13 bits per heavy atom. The first-order valence-electron chi connectivity index (χ1n) is 10.6. The van der Waals surface area contributed by atoms with Gasteiger partial charge in [0.15, 0.2) is 0 Å². The Kier molecular flexibility index (Phi) is 6.23. The van der Waals surface area contributed by atoms with Crippen LogP contribution in [0.2, 0.25) is 0 Å². The van der Waals surface area contributed by atoms with E-state index in [0.29, 0.717) is 31.8 Å². The van der Waals surface area contributed by atoms with Crippen LogP contribution in [0.1, 0.15) is 44.5 Å². The Morgan fingerprint density at radius 3 is 2.71 bits per heavy atom. The van der Waals surface area contributed by atoms with Crippen molar-refractivity contribution < 1.29 is 14.3 Å². The predicted molar refractivity (Wildman–Crippen MR) is 124 cm³/mol. The third-order valence-corrected chi connectivity index (χ3v) is 6.72. The van der Waals surface area contributed by atoms with Crippen LogP contribution < -0.4 is 4.90 Å². The van der Waals surface area contributed by atoms with Crippen LogP contribution in [0.15, 0.2) is 35.8 Å². The molecule has 1 aromatic carbocycles. The third-order valence-electron chi connectivity index (χ3n) is 5.86. The van der Waals surface area contributed by atoms with Gasteiger partial charge in [0.1, 0.15) is 5.56 Å². The number of fused-ring (bicyclic) bond motifs is 1. The van der Waals surface area contributed by atoms with Crippen LogP contribution in [0.4, 0.5) is 5.69 Å². The van der Waals surface area contributed by atoms with Gasteiger partial charge in [-0.25, -0.2) is 4.79 Å². The van der Waals surface area contributed by atoms with Gasteiger partial charge in [-0.15, -0.1) is 11.3 Å². The van der Waals surface area contributed by atoms with Crippen molar-refractivity contribution >= 4 is 39.8 Å². The lowest BCUT2D eigenvalue weighted by atomic mass is 10.0. The van der Waals surface area contributed by atoms with Crippen molar-refractivity contribution in [2.45, 2.75) is 27.2 Å². The zero-order valence-electron chi connectivity index (χ0n) is 18.2. The summed E-state index contributed by atoms with van der Waals surface area (Å²) in [6.45, 7) is 8.95. The number of carbonyl (C=O) groups is 2. The van der Waals surface area contributed by atoms with Gasteiger partial charge in [0.2, 0.25) is 0 Å². The zero-order chi connectivity index (χ0) is 22.0. The molecular formula is C24H27N3O3S. The summed E-state index contributed by atoms with van der Waals surface area (Å²) in [7, 11) is 0. The summed E-state index contributed by atoms with van der Waals surface area (Å²) in [5.41, 5.74) is 4.52. The molecule has 0 aliphatic carbocycles. The second kappa shape index (κ2) is 9.06. The van der Waals surface area contributed by atoms with E-state index in [2.05, 4.69) is 29.8 Å². The van der Waals surface area contributed by atoms with Gasteiger partial charge in [-0.3, -0.25) is 9.78 Å². The average molecular weight is 438 g/mol. The van der Waals surface area contributed by atoms with Gasteiger partial charge in [-0.2, -0.15) is 0 Å². The lowest BCUT2D eigenvalue weighted by molar-refractivity contribution is 0.0526. The van der Waals surface area contributed by atoms with E-state index in [9.17, 15) is 9.59 Å². The molecule has 0 radical (unpaired) electrons. The molecule has 1 aliphatic heterocycles. The molecule has 2 aromatic heterocycles. The van der Waals surface area contributed by atoms with Crippen LogP contribution in [0.5, 0.6) is 0 Å². The van der Waals surface area contributed by atoms with Crippen molar-refractivity contribution in [2.24, 2.45) is 0 Å². The second-order valence-corrected chi connectivity index (χ2v) is 8.70. The van der Waals surface area contributed by atoms with E-state index in [1.807, 2.05) is 28.5 Å². The molecule has 0 unspecified atom stereocenters. The van der Waals surface area contributed by atoms with Crippen molar-refractivity contribution in [3.05, 3.63) is 57.4 Å². The molecular weight excluding hydrogens is 410 g/mol. The smallest absolute Gasteiger partial charge is 0.341 e. The first-order chi connectivity index (χ1) is 15.0. The minimum absolute atomic E-state index is 0.0773. The lowest BCUT2D eigenvalue weighted by Crippen LogP contribution is -2.35. The fourth-order valence-electron chi connectivity index (χ4n) is 4.09. The molecule has 31 heavy (non-hydrogen) atoms. The molecule has 0 bridgehead atoms. The van der Waals surface area contributed by atoms with Crippen LogP contribution in [0.25, 0.3) is 10.9 Å². The lowest BCUT2D eigenvalue weighted by Gasteiger charge is -2.27. The highest BCUT2D eigenvalue weighted by molar-refractivity contribution is 7.12. The van der Waals surface area contributed by atoms with E-state index < -0.39 is 0 Å². The number of aromatic nitrogens is 1. The second-order valence-electron chi connectivity index (χ2n) is 7.75. The maximum Gasteiger partial charge on any atom is 0.341 e. The van der Waals surface area contributed by atoms with Crippen LogP contribution >= 0.6 is 11.3 Å². The van der Waals surface area contributed by atoms with Crippen LogP contribution in [-0.4, -0.2) is 54.5 Å². The number of hydrogen-bond donors (Lipinski definition) is 0. The van der Waals surface area contributed by atoms with Crippen LogP contribution in [-0.2, 0) is 4.74 Å². The monoisotopic (exact) mass is 437 g/mol. The standard InChI is InChI=1S/C24H27N3O3S/c1-4-30-24(29)19-15-25-21-17(3)16(2)8-9-18(21)22(19)26-10-6-11-27(13-12-26)23(28)20-7-5-14-31-20/h5,7-9,14-15H,4,6,10-13H2,1-3H3. The van der Waals surface area contributed by atoms with Gasteiger partial charge in [0.05, 0.1) is 22.7 Å². The Balaban J connectivity index is 1.71. The summed E-state index contributed by atoms with van der Waals surface area (Å²) in [4.78, 5) is 35.1. The van der Waals surface area contributed by atoms with E-state index >= 15 is 0 Å². The van der Waals surface area contributed by atoms with Gasteiger partial charge < -0.3 is 14.5 Å². The summed E-state index contributed by atoms with van der Waals surface area (Å²) in [6, 6.07) is 7.89. The fraction of sp³-hybridized carbons (Fsp3) is 0.375. The first-order valence-corrected chi connectivity index (χ1v) is 11.5. The molecule has 1 saturated heterocycles. The molecule has 0 spiro atoms. The number of benzene rings is 1. The summed E-state index contributed by atoms with van der Waals surface area (Å²) in [5.74, 6) is -0.283. The average Bonchev–Trinajstić information content (AvgIpc) is 3.20.